The molecule has 0 radical (unpaired) electrons. The third-order valence-electron chi connectivity index (χ3n) is 4.52. The first-order chi connectivity index (χ1) is 13.9. The number of carbonyl (C=O) groups is 2. The Hall–Kier alpha value is -1.28. The number of hydrogen-bond donors (Lipinski definition) is 4. The molecule has 0 rings (SSSR count). The molecule has 0 unspecified atom stereocenters. The van der Waals surface area contributed by atoms with Gasteiger partial charge in [0, 0.05) is 26.2 Å². The summed E-state index contributed by atoms with van der Waals surface area (Å²) in [4.78, 5) is 63.5. The van der Waals surface area contributed by atoms with Crippen molar-refractivity contribution >= 4 is 27.0 Å². The Morgan fingerprint density at radius 2 is 1.23 bits per heavy atom. The summed E-state index contributed by atoms with van der Waals surface area (Å²) in [6, 6.07) is 0. The second-order valence-corrected chi connectivity index (χ2v) is 10.9. The fourth-order valence-corrected chi connectivity index (χ4v) is 5.55. The molecule has 0 aliphatic carbocycles. The predicted octanol–water partition coefficient (Wildman–Crippen LogP) is 2.06. The molecule has 174 valence electrons. The van der Waals surface area contributed by atoms with Gasteiger partial charge in [-0.15, -0.1) is 0 Å². The lowest BCUT2D eigenvalue weighted by Crippen LogP contribution is -2.40. The van der Waals surface area contributed by atoms with E-state index in [-0.39, 0.29) is 24.7 Å². The van der Waals surface area contributed by atoms with Crippen LogP contribution in [0.2, 0.25) is 0 Å². The van der Waals surface area contributed by atoms with Gasteiger partial charge in [0.1, 0.15) is 0 Å². The van der Waals surface area contributed by atoms with Crippen LogP contribution >= 0.6 is 15.2 Å². The van der Waals surface area contributed by atoms with Crippen molar-refractivity contribution in [1.82, 2.24) is 9.80 Å². The summed E-state index contributed by atoms with van der Waals surface area (Å²) in [5.41, 5.74) is 0. The Bertz CT molecular complexity index is 651. The molecule has 0 aromatic rings. The number of amides is 2. The smallest absolute Gasteiger partial charge is 0.337 e. The minimum Gasteiger partial charge on any atom is -0.337 e. The second-order valence-electron chi connectivity index (χ2n) is 6.92. The number of hydrogen-bond acceptors (Lipinski definition) is 4. The van der Waals surface area contributed by atoms with Gasteiger partial charge in [-0.25, -0.2) is 0 Å². The monoisotopic (exact) mass is 468 g/mol. The van der Waals surface area contributed by atoms with Crippen LogP contribution in [0.15, 0.2) is 25.3 Å². The number of rotatable bonds is 16. The molecule has 30 heavy (non-hydrogen) atoms. The van der Waals surface area contributed by atoms with E-state index in [9.17, 15) is 18.7 Å². The first-order valence-corrected chi connectivity index (χ1v) is 13.2. The molecule has 0 saturated heterocycles. The second kappa shape index (κ2) is 13.9. The fraction of sp³-hybridized carbons (Fsp3) is 0.667. The lowest BCUT2D eigenvalue weighted by atomic mass is 10.1. The van der Waals surface area contributed by atoms with Crippen LogP contribution < -0.4 is 0 Å². The van der Waals surface area contributed by atoms with Crippen LogP contribution in [0.25, 0.3) is 0 Å². The zero-order valence-electron chi connectivity index (χ0n) is 17.4. The molecule has 0 aromatic carbocycles. The quantitative estimate of drug-likeness (QED) is 0.152. The van der Waals surface area contributed by atoms with Gasteiger partial charge in [0.15, 0.2) is 5.40 Å². The van der Waals surface area contributed by atoms with Crippen molar-refractivity contribution in [2.45, 2.75) is 50.8 Å². The van der Waals surface area contributed by atoms with Crippen molar-refractivity contribution in [1.29, 1.82) is 0 Å². The van der Waals surface area contributed by atoms with Crippen molar-refractivity contribution in [2.24, 2.45) is 0 Å². The molecule has 2 amide bonds. The molecule has 10 nitrogen and oxygen atoms in total. The Labute approximate surface area is 178 Å². The van der Waals surface area contributed by atoms with E-state index in [2.05, 4.69) is 13.2 Å². The van der Waals surface area contributed by atoms with Crippen molar-refractivity contribution in [2.75, 3.05) is 26.2 Å². The molecule has 0 spiro atoms. The third-order valence-corrected chi connectivity index (χ3v) is 8.40. The standard InChI is InChI=1S/C18H34N2O8P2/c1-4-12-19(16(21)5-2)14-15-20(17(22)6-3)13-10-8-7-9-11-18(29(23,24)25)30(26,27)28/h5-6,18H,2-4,7-15H2,1H3,(H2,23,24,25)(H2,26,27,28). The SMILES string of the molecule is C=CC(=O)N(CCC)CCN(CCCCCCC(P(=O)(O)O)P(=O)(O)O)C(=O)C=C. The molecule has 4 N–H and O–H groups in total. The molecule has 0 atom stereocenters. The summed E-state index contributed by atoms with van der Waals surface area (Å²) in [6.07, 6.45) is 4.89. The Kier molecular flexibility index (Phi) is 13.3. The van der Waals surface area contributed by atoms with Crippen LogP contribution in [0.5, 0.6) is 0 Å². The van der Waals surface area contributed by atoms with Gasteiger partial charge in [0.05, 0.1) is 0 Å². The average molecular weight is 468 g/mol. The van der Waals surface area contributed by atoms with E-state index >= 15 is 0 Å². The van der Waals surface area contributed by atoms with Gasteiger partial charge in [-0.05, 0) is 31.4 Å². The van der Waals surface area contributed by atoms with E-state index in [0.717, 1.165) is 6.42 Å². The van der Waals surface area contributed by atoms with Gasteiger partial charge >= 0.3 is 15.2 Å². The normalized spacial score (nSPS) is 11.9. The molecule has 0 saturated carbocycles. The van der Waals surface area contributed by atoms with E-state index in [1.165, 1.54) is 12.2 Å². The van der Waals surface area contributed by atoms with Crippen LogP contribution in [0.4, 0.5) is 0 Å². The minimum atomic E-state index is -4.89. The third kappa shape index (κ3) is 11.2. The molecule has 0 aliphatic heterocycles. The highest BCUT2D eigenvalue weighted by Gasteiger charge is 2.42. The van der Waals surface area contributed by atoms with Gasteiger partial charge in [0.2, 0.25) is 11.8 Å². The molecule has 0 bridgehead atoms. The molecular formula is C18H34N2O8P2. The predicted molar refractivity (Wildman–Crippen MR) is 115 cm³/mol. The summed E-state index contributed by atoms with van der Waals surface area (Å²) >= 11 is 0. The van der Waals surface area contributed by atoms with E-state index in [4.69, 9.17) is 19.6 Å². The number of nitrogens with zero attached hydrogens (tertiary/aromatic N) is 2. The van der Waals surface area contributed by atoms with Crippen LogP contribution in [0.3, 0.4) is 0 Å². The van der Waals surface area contributed by atoms with Gasteiger partial charge in [-0.2, -0.15) is 0 Å². The summed E-state index contributed by atoms with van der Waals surface area (Å²) < 4.78 is 22.5. The molecule has 0 heterocycles. The van der Waals surface area contributed by atoms with Crippen molar-refractivity contribution < 1.29 is 38.3 Å². The molecule has 12 heteroatoms. The molecular weight excluding hydrogens is 434 g/mol. The Morgan fingerprint density at radius 1 is 0.800 bits per heavy atom. The summed E-state index contributed by atoms with van der Waals surface area (Å²) in [7, 11) is -9.77. The molecule has 0 aromatic heterocycles. The summed E-state index contributed by atoms with van der Waals surface area (Å²) in [6.45, 7) is 10.6. The summed E-state index contributed by atoms with van der Waals surface area (Å²) in [5.74, 6) is -0.465. The maximum atomic E-state index is 12.1. The Balaban J connectivity index is 4.55. The van der Waals surface area contributed by atoms with Crippen LogP contribution in [0.1, 0.15) is 45.4 Å². The molecule has 0 fully saturated rings. The van der Waals surface area contributed by atoms with Gasteiger partial charge in [0.25, 0.3) is 0 Å². The van der Waals surface area contributed by atoms with Crippen molar-refractivity contribution in [3.8, 4) is 0 Å². The van der Waals surface area contributed by atoms with Gasteiger partial charge < -0.3 is 29.4 Å². The van der Waals surface area contributed by atoms with Crippen LogP contribution in [0, 0.1) is 0 Å². The highest BCUT2D eigenvalue weighted by Crippen LogP contribution is 2.61. The van der Waals surface area contributed by atoms with E-state index in [1.54, 1.807) is 9.80 Å². The van der Waals surface area contributed by atoms with Gasteiger partial charge in [-0.1, -0.05) is 39.3 Å². The van der Waals surface area contributed by atoms with Crippen molar-refractivity contribution in [3.05, 3.63) is 25.3 Å². The largest absolute Gasteiger partial charge is 0.340 e. The number of carbonyl (C=O) groups excluding carboxylic acids is 2. The Morgan fingerprint density at radius 3 is 1.63 bits per heavy atom. The number of unbranched alkanes of at least 4 members (excludes halogenated alkanes) is 3. The lowest BCUT2D eigenvalue weighted by molar-refractivity contribution is -0.130. The average Bonchev–Trinajstić information content (AvgIpc) is 2.65. The fourth-order valence-electron chi connectivity index (χ4n) is 2.95. The highest BCUT2D eigenvalue weighted by atomic mass is 31.2. The zero-order chi connectivity index (χ0) is 23.4. The zero-order valence-corrected chi connectivity index (χ0v) is 19.2. The lowest BCUT2D eigenvalue weighted by Gasteiger charge is -2.26. The van der Waals surface area contributed by atoms with Gasteiger partial charge in [-0.3, -0.25) is 18.7 Å². The first kappa shape index (κ1) is 28.7. The van der Waals surface area contributed by atoms with Crippen molar-refractivity contribution in [3.63, 3.8) is 0 Å². The summed E-state index contributed by atoms with van der Waals surface area (Å²) in [5, 5.41) is -1.98. The highest BCUT2D eigenvalue weighted by molar-refractivity contribution is 7.70. The van der Waals surface area contributed by atoms with E-state index < -0.39 is 20.6 Å². The van der Waals surface area contributed by atoms with E-state index in [1.807, 2.05) is 6.92 Å². The van der Waals surface area contributed by atoms with Crippen LogP contribution in [-0.2, 0) is 18.7 Å². The minimum absolute atomic E-state index is 0.201. The molecule has 0 aliphatic rings. The topological polar surface area (TPSA) is 156 Å². The van der Waals surface area contributed by atoms with Crippen LogP contribution in [-0.4, -0.2) is 72.8 Å². The maximum absolute atomic E-state index is 12.1. The maximum Gasteiger partial charge on any atom is 0.340 e. The first-order valence-electron chi connectivity index (χ1n) is 9.81. The van der Waals surface area contributed by atoms with E-state index in [0.29, 0.717) is 45.4 Å².